The van der Waals surface area contributed by atoms with Gasteiger partial charge in [-0.1, -0.05) is 32.6 Å². The van der Waals surface area contributed by atoms with Gasteiger partial charge in [0, 0.05) is 17.8 Å². The van der Waals surface area contributed by atoms with Gasteiger partial charge in [0.2, 0.25) is 0 Å². The molecule has 0 radical (unpaired) electrons. The van der Waals surface area contributed by atoms with Gasteiger partial charge < -0.3 is 10.1 Å². The summed E-state index contributed by atoms with van der Waals surface area (Å²) in [5, 5.41) is 24.5. The number of amides is 1. The van der Waals surface area contributed by atoms with Crippen molar-refractivity contribution in [2.24, 2.45) is 0 Å². The van der Waals surface area contributed by atoms with E-state index < -0.39 is 27.1 Å². The van der Waals surface area contributed by atoms with Crippen LogP contribution >= 0.6 is 0 Å². The molecule has 1 N–H and O–H groups in total. The molecule has 0 heterocycles. The molecule has 0 aliphatic heterocycles. The molecule has 0 aliphatic rings. The SMILES string of the molecule is CCCCCCCOc1ccc(NC(=O)c2cc([N+](=O)[O-])cc([N+](=O)[O-])c2)cc1. The maximum absolute atomic E-state index is 12.4. The van der Waals surface area contributed by atoms with Crippen LogP contribution < -0.4 is 10.1 Å². The molecule has 154 valence electrons. The fourth-order valence-electron chi connectivity index (χ4n) is 2.67. The average Bonchev–Trinajstić information content (AvgIpc) is 2.71. The lowest BCUT2D eigenvalue weighted by molar-refractivity contribution is -0.394. The molecule has 0 aromatic heterocycles. The Bertz CT molecular complexity index is 835. The topological polar surface area (TPSA) is 125 Å². The van der Waals surface area contributed by atoms with Crippen LogP contribution in [0.3, 0.4) is 0 Å². The number of benzene rings is 2. The van der Waals surface area contributed by atoms with E-state index in [-0.39, 0.29) is 5.56 Å². The van der Waals surface area contributed by atoms with Gasteiger partial charge in [0.05, 0.1) is 28.1 Å². The molecule has 9 nitrogen and oxygen atoms in total. The number of hydrogen-bond donors (Lipinski definition) is 1. The molecule has 2 aromatic carbocycles. The second kappa shape index (κ2) is 10.7. The van der Waals surface area contributed by atoms with Crippen molar-refractivity contribution in [2.45, 2.75) is 39.0 Å². The van der Waals surface area contributed by atoms with Crippen LogP contribution in [0.15, 0.2) is 42.5 Å². The van der Waals surface area contributed by atoms with E-state index in [9.17, 15) is 25.0 Å². The Balaban J connectivity index is 1.97. The van der Waals surface area contributed by atoms with E-state index in [1.54, 1.807) is 24.3 Å². The summed E-state index contributed by atoms with van der Waals surface area (Å²) < 4.78 is 5.65. The highest BCUT2D eigenvalue weighted by atomic mass is 16.6. The van der Waals surface area contributed by atoms with Crippen molar-refractivity contribution in [3.05, 3.63) is 68.3 Å². The van der Waals surface area contributed by atoms with E-state index in [1.165, 1.54) is 19.3 Å². The smallest absolute Gasteiger partial charge is 0.277 e. The minimum absolute atomic E-state index is 0.168. The van der Waals surface area contributed by atoms with Crippen LogP contribution in [0.2, 0.25) is 0 Å². The molecule has 0 bridgehead atoms. The van der Waals surface area contributed by atoms with Crippen molar-refractivity contribution < 1.29 is 19.4 Å². The third kappa shape index (κ3) is 6.87. The van der Waals surface area contributed by atoms with E-state index in [0.717, 1.165) is 31.0 Å². The fraction of sp³-hybridized carbons (Fsp3) is 0.350. The number of non-ortho nitro benzene ring substituents is 2. The first-order valence-electron chi connectivity index (χ1n) is 9.38. The second-order valence-electron chi connectivity index (χ2n) is 6.49. The summed E-state index contributed by atoms with van der Waals surface area (Å²) in [7, 11) is 0. The van der Waals surface area contributed by atoms with Crippen molar-refractivity contribution in [3.63, 3.8) is 0 Å². The summed E-state index contributed by atoms with van der Waals surface area (Å²) in [5.41, 5.74) is -0.767. The monoisotopic (exact) mass is 401 g/mol. The highest BCUT2D eigenvalue weighted by Crippen LogP contribution is 2.24. The first-order chi connectivity index (χ1) is 13.9. The summed E-state index contributed by atoms with van der Waals surface area (Å²) in [6, 6.07) is 9.49. The summed E-state index contributed by atoms with van der Waals surface area (Å²) in [5.74, 6) is -0.00845. The molecule has 2 rings (SSSR count). The van der Waals surface area contributed by atoms with E-state index in [4.69, 9.17) is 4.74 Å². The molecule has 29 heavy (non-hydrogen) atoms. The maximum Gasteiger partial charge on any atom is 0.277 e. The van der Waals surface area contributed by atoms with Crippen molar-refractivity contribution in [1.29, 1.82) is 0 Å². The van der Waals surface area contributed by atoms with Gasteiger partial charge in [-0.3, -0.25) is 25.0 Å². The standard InChI is InChI=1S/C20H23N3O6/c1-2-3-4-5-6-11-29-19-9-7-16(8-10-19)21-20(24)15-12-17(22(25)26)14-18(13-15)23(27)28/h7-10,12-14H,2-6,11H2,1H3,(H,21,24). The molecule has 0 aliphatic carbocycles. The zero-order chi connectivity index (χ0) is 21.2. The number of nitrogens with zero attached hydrogens (tertiary/aromatic N) is 2. The van der Waals surface area contributed by atoms with E-state index >= 15 is 0 Å². The fourth-order valence-corrected chi connectivity index (χ4v) is 2.67. The lowest BCUT2D eigenvalue weighted by atomic mass is 10.1. The zero-order valence-electron chi connectivity index (χ0n) is 16.1. The lowest BCUT2D eigenvalue weighted by Gasteiger charge is -2.08. The van der Waals surface area contributed by atoms with Crippen LogP contribution in [0.5, 0.6) is 5.75 Å². The van der Waals surface area contributed by atoms with Crippen molar-refractivity contribution >= 4 is 23.0 Å². The first-order valence-corrected chi connectivity index (χ1v) is 9.38. The molecular formula is C20H23N3O6. The van der Waals surface area contributed by atoms with Gasteiger partial charge in [0.1, 0.15) is 5.75 Å². The Labute approximate surface area is 168 Å². The number of nitro benzene ring substituents is 2. The van der Waals surface area contributed by atoms with Crippen molar-refractivity contribution in [3.8, 4) is 5.75 Å². The van der Waals surface area contributed by atoms with Gasteiger partial charge in [-0.05, 0) is 30.7 Å². The Morgan fingerprint density at radius 1 is 0.931 bits per heavy atom. The van der Waals surface area contributed by atoms with Crippen LogP contribution in [0.4, 0.5) is 17.1 Å². The third-order valence-electron chi connectivity index (χ3n) is 4.22. The van der Waals surface area contributed by atoms with Crippen molar-refractivity contribution in [2.75, 3.05) is 11.9 Å². The normalized spacial score (nSPS) is 10.4. The lowest BCUT2D eigenvalue weighted by Crippen LogP contribution is -2.12. The van der Waals surface area contributed by atoms with Crippen LogP contribution in [0.25, 0.3) is 0 Å². The molecule has 1 amide bonds. The minimum atomic E-state index is -0.780. The van der Waals surface area contributed by atoms with Crippen molar-refractivity contribution in [1.82, 2.24) is 0 Å². The van der Waals surface area contributed by atoms with E-state index in [0.29, 0.717) is 18.0 Å². The number of anilines is 1. The minimum Gasteiger partial charge on any atom is -0.494 e. The number of hydrogen-bond acceptors (Lipinski definition) is 6. The largest absolute Gasteiger partial charge is 0.494 e. The van der Waals surface area contributed by atoms with Crippen LogP contribution in [-0.4, -0.2) is 22.4 Å². The predicted molar refractivity (Wildman–Crippen MR) is 108 cm³/mol. The molecule has 0 unspecified atom stereocenters. The summed E-state index contributed by atoms with van der Waals surface area (Å²) >= 11 is 0. The number of carbonyl (C=O) groups is 1. The molecular weight excluding hydrogens is 378 g/mol. The van der Waals surface area contributed by atoms with Gasteiger partial charge in [0.25, 0.3) is 17.3 Å². The van der Waals surface area contributed by atoms with Gasteiger partial charge in [0.15, 0.2) is 0 Å². The Kier molecular flexibility index (Phi) is 8.08. The maximum atomic E-state index is 12.4. The van der Waals surface area contributed by atoms with Gasteiger partial charge in [-0.15, -0.1) is 0 Å². The Hall–Kier alpha value is -3.49. The number of nitro groups is 2. The van der Waals surface area contributed by atoms with Gasteiger partial charge in [-0.25, -0.2) is 0 Å². The Morgan fingerprint density at radius 3 is 2.07 bits per heavy atom. The first kappa shape index (κ1) is 21.8. The molecule has 0 atom stereocenters. The Morgan fingerprint density at radius 2 is 1.52 bits per heavy atom. The molecule has 2 aromatic rings. The molecule has 0 saturated heterocycles. The number of unbranched alkanes of at least 4 members (excludes halogenated alkanes) is 4. The van der Waals surface area contributed by atoms with Crippen LogP contribution in [0, 0.1) is 20.2 Å². The molecule has 9 heteroatoms. The van der Waals surface area contributed by atoms with Crippen LogP contribution in [0.1, 0.15) is 49.4 Å². The summed E-state index contributed by atoms with van der Waals surface area (Å²) in [6.45, 7) is 2.78. The molecule has 0 spiro atoms. The third-order valence-corrected chi connectivity index (χ3v) is 4.22. The van der Waals surface area contributed by atoms with Gasteiger partial charge in [-0.2, -0.15) is 0 Å². The average molecular weight is 401 g/mol. The van der Waals surface area contributed by atoms with Crippen LogP contribution in [-0.2, 0) is 0 Å². The number of carbonyl (C=O) groups excluding carboxylic acids is 1. The van der Waals surface area contributed by atoms with Gasteiger partial charge >= 0.3 is 0 Å². The quantitative estimate of drug-likeness (QED) is 0.317. The molecule has 0 fully saturated rings. The van der Waals surface area contributed by atoms with E-state index in [2.05, 4.69) is 12.2 Å². The number of nitrogens with one attached hydrogen (secondary N) is 1. The predicted octanol–water partition coefficient (Wildman–Crippen LogP) is 5.10. The number of ether oxygens (including phenoxy) is 1. The highest BCUT2D eigenvalue weighted by Gasteiger charge is 2.20. The second-order valence-corrected chi connectivity index (χ2v) is 6.49. The summed E-state index contributed by atoms with van der Waals surface area (Å²) in [6.07, 6.45) is 5.71. The highest BCUT2D eigenvalue weighted by molar-refractivity contribution is 6.05. The number of rotatable bonds is 11. The molecule has 0 saturated carbocycles. The zero-order valence-corrected chi connectivity index (χ0v) is 16.1. The summed E-state index contributed by atoms with van der Waals surface area (Å²) in [4.78, 5) is 32.7. The van der Waals surface area contributed by atoms with E-state index in [1.807, 2.05) is 0 Å².